The van der Waals surface area contributed by atoms with Gasteiger partial charge in [-0.25, -0.2) is 8.42 Å². The molecule has 1 rings (SSSR count). The van der Waals surface area contributed by atoms with Crippen molar-refractivity contribution in [2.45, 2.75) is 64.5 Å². The maximum atomic E-state index is 11.3. The molecule has 1 aliphatic rings. The normalized spacial score (nSPS) is 17.9. The van der Waals surface area contributed by atoms with E-state index in [9.17, 15) is 8.42 Å². The van der Waals surface area contributed by atoms with E-state index in [-0.39, 0.29) is 35.8 Å². The molecule has 6 nitrogen and oxygen atoms in total. The first-order chi connectivity index (χ1) is 11.3. The molecule has 2 N–H and O–H groups in total. The van der Waals surface area contributed by atoms with E-state index in [1.165, 1.54) is 38.4 Å². The molecule has 1 fully saturated rings. The van der Waals surface area contributed by atoms with E-state index >= 15 is 0 Å². The Labute approximate surface area is 171 Å². The highest BCUT2D eigenvalue weighted by atomic mass is 127. The van der Waals surface area contributed by atoms with E-state index in [1.54, 1.807) is 0 Å². The number of likely N-dealkylation sites (N-methyl/N-ethyl adjacent to an activating group) is 1. The predicted octanol–water partition coefficient (Wildman–Crippen LogP) is 2.25. The minimum absolute atomic E-state index is 0. The molecule has 0 amide bonds. The lowest BCUT2D eigenvalue weighted by atomic mass is 9.94. The van der Waals surface area contributed by atoms with E-state index in [1.807, 2.05) is 13.8 Å². The first-order valence-corrected chi connectivity index (χ1v) is 11.3. The smallest absolute Gasteiger partial charge is 0.191 e. The predicted molar refractivity (Wildman–Crippen MR) is 118 cm³/mol. The fraction of sp³-hybridized carbons (Fsp3) is 0.941. The summed E-state index contributed by atoms with van der Waals surface area (Å²) in [4.78, 5) is 7.07. The number of aliphatic imine (C=N–C) groups is 1. The van der Waals surface area contributed by atoms with Gasteiger partial charge in [0.1, 0.15) is 9.84 Å². The third kappa shape index (κ3) is 12.0. The van der Waals surface area contributed by atoms with E-state index in [2.05, 4.69) is 27.6 Å². The summed E-state index contributed by atoms with van der Waals surface area (Å²) in [6.45, 7) is 6.53. The zero-order valence-corrected chi connectivity index (χ0v) is 19.4. The van der Waals surface area contributed by atoms with Crippen LogP contribution in [0.4, 0.5) is 0 Å². The quantitative estimate of drug-likeness (QED) is 0.296. The summed E-state index contributed by atoms with van der Waals surface area (Å²) < 4.78 is 22.5. The molecule has 1 atom stereocenters. The number of rotatable bonds is 9. The number of hydrogen-bond donors (Lipinski definition) is 2. The summed E-state index contributed by atoms with van der Waals surface area (Å²) in [5.41, 5.74) is 0. The van der Waals surface area contributed by atoms with Crippen LogP contribution in [0.25, 0.3) is 0 Å². The number of nitrogens with one attached hydrogen (secondary N) is 2. The van der Waals surface area contributed by atoms with Crippen molar-refractivity contribution < 1.29 is 8.42 Å². The number of hydrogen-bond acceptors (Lipinski definition) is 4. The molecule has 0 aromatic rings. The molecule has 25 heavy (non-hydrogen) atoms. The van der Waals surface area contributed by atoms with Gasteiger partial charge in [0.05, 0.1) is 12.3 Å². The van der Waals surface area contributed by atoms with Gasteiger partial charge in [0.25, 0.3) is 0 Å². The van der Waals surface area contributed by atoms with Crippen molar-refractivity contribution in [2.24, 2.45) is 4.99 Å². The molecule has 1 aliphatic carbocycles. The molecular weight excluding hydrogens is 451 g/mol. The second kappa shape index (κ2) is 13.1. The van der Waals surface area contributed by atoms with Crippen molar-refractivity contribution >= 4 is 39.8 Å². The first-order valence-electron chi connectivity index (χ1n) is 9.24. The van der Waals surface area contributed by atoms with Crippen molar-refractivity contribution in [3.63, 3.8) is 0 Å². The average molecular weight is 488 g/mol. The lowest BCUT2D eigenvalue weighted by Gasteiger charge is -2.30. The minimum atomic E-state index is -2.91. The SMILES string of the molecule is CCNC(=NCCN(C)C1CCCCC1)NC(C)CCS(C)(=O)=O.I. The number of halogens is 1. The van der Waals surface area contributed by atoms with Gasteiger partial charge < -0.3 is 15.5 Å². The molecule has 1 saturated carbocycles. The van der Waals surface area contributed by atoms with Crippen LogP contribution in [-0.2, 0) is 9.84 Å². The van der Waals surface area contributed by atoms with Gasteiger partial charge in [-0.3, -0.25) is 4.99 Å². The Morgan fingerprint density at radius 2 is 1.92 bits per heavy atom. The molecule has 0 aromatic carbocycles. The minimum Gasteiger partial charge on any atom is -0.357 e. The Bertz CT molecular complexity index is 479. The molecular formula is C17H37IN4O2S. The van der Waals surface area contributed by atoms with Crippen LogP contribution in [0.15, 0.2) is 4.99 Å². The number of nitrogens with zero attached hydrogens (tertiary/aromatic N) is 2. The Morgan fingerprint density at radius 3 is 2.48 bits per heavy atom. The number of sulfone groups is 1. The molecule has 0 bridgehead atoms. The van der Waals surface area contributed by atoms with Gasteiger partial charge in [0, 0.05) is 31.4 Å². The maximum absolute atomic E-state index is 11.3. The van der Waals surface area contributed by atoms with Gasteiger partial charge in [0.15, 0.2) is 5.96 Å². The van der Waals surface area contributed by atoms with Crippen LogP contribution in [0.5, 0.6) is 0 Å². The highest BCUT2D eigenvalue weighted by Gasteiger charge is 2.17. The fourth-order valence-electron chi connectivity index (χ4n) is 3.04. The second-order valence-corrected chi connectivity index (χ2v) is 9.26. The van der Waals surface area contributed by atoms with Gasteiger partial charge in [-0.15, -0.1) is 24.0 Å². The van der Waals surface area contributed by atoms with Crippen LogP contribution in [0.1, 0.15) is 52.4 Å². The number of guanidine groups is 1. The van der Waals surface area contributed by atoms with Gasteiger partial charge in [-0.2, -0.15) is 0 Å². The van der Waals surface area contributed by atoms with Crippen molar-refractivity contribution in [3.05, 3.63) is 0 Å². The van der Waals surface area contributed by atoms with Crippen molar-refractivity contribution in [3.8, 4) is 0 Å². The van der Waals surface area contributed by atoms with Crippen molar-refractivity contribution in [1.29, 1.82) is 0 Å². The lowest BCUT2D eigenvalue weighted by molar-refractivity contribution is 0.196. The van der Waals surface area contributed by atoms with Gasteiger partial charge in [-0.1, -0.05) is 19.3 Å². The van der Waals surface area contributed by atoms with Crippen LogP contribution >= 0.6 is 24.0 Å². The highest BCUT2D eigenvalue weighted by Crippen LogP contribution is 2.21. The van der Waals surface area contributed by atoms with Crippen LogP contribution in [0, 0.1) is 0 Å². The molecule has 8 heteroatoms. The Balaban J connectivity index is 0.00000576. The summed E-state index contributed by atoms with van der Waals surface area (Å²) in [7, 11) is -0.720. The molecule has 0 saturated heterocycles. The van der Waals surface area contributed by atoms with Gasteiger partial charge >= 0.3 is 0 Å². The van der Waals surface area contributed by atoms with E-state index in [0.29, 0.717) is 12.5 Å². The van der Waals surface area contributed by atoms with Crippen molar-refractivity contribution in [2.75, 3.05) is 38.7 Å². The summed E-state index contributed by atoms with van der Waals surface area (Å²) >= 11 is 0. The monoisotopic (exact) mass is 488 g/mol. The second-order valence-electron chi connectivity index (χ2n) is 7.00. The third-order valence-electron chi connectivity index (χ3n) is 4.57. The molecule has 150 valence electrons. The van der Waals surface area contributed by atoms with Crippen LogP contribution in [0.2, 0.25) is 0 Å². The zero-order chi connectivity index (χ0) is 18.0. The van der Waals surface area contributed by atoms with Crippen LogP contribution in [-0.4, -0.2) is 70.1 Å². The van der Waals surface area contributed by atoms with E-state index < -0.39 is 9.84 Å². The maximum Gasteiger partial charge on any atom is 0.191 e. The lowest BCUT2D eigenvalue weighted by Crippen LogP contribution is -2.43. The first kappa shape index (κ1) is 24.9. The summed E-state index contributed by atoms with van der Waals surface area (Å²) in [5.74, 6) is 0.973. The Kier molecular flexibility index (Phi) is 13.1. The van der Waals surface area contributed by atoms with Crippen LogP contribution < -0.4 is 10.6 Å². The average Bonchev–Trinajstić information content (AvgIpc) is 2.53. The summed E-state index contributed by atoms with van der Waals surface area (Å²) in [6, 6.07) is 0.784. The van der Waals surface area contributed by atoms with Gasteiger partial charge in [-0.05, 0) is 40.2 Å². The molecule has 0 aromatic heterocycles. The zero-order valence-electron chi connectivity index (χ0n) is 16.3. The van der Waals surface area contributed by atoms with Crippen LogP contribution in [0.3, 0.4) is 0 Å². The summed E-state index contributed by atoms with van der Waals surface area (Å²) in [5, 5.41) is 6.53. The molecule has 0 heterocycles. The third-order valence-corrected chi connectivity index (χ3v) is 5.55. The molecule has 0 spiro atoms. The highest BCUT2D eigenvalue weighted by molar-refractivity contribution is 14.0. The summed E-state index contributed by atoms with van der Waals surface area (Å²) in [6.07, 6.45) is 8.55. The Hall–Kier alpha value is -0.0900. The molecule has 1 unspecified atom stereocenters. The Morgan fingerprint density at radius 1 is 1.28 bits per heavy atom. The topological polar surface area (TPSA) is 73.8 Å². The van der Waals surface area contributed by atoms with E-state index in [4.69, 9.17) is 0 Å². The standard InChI is InChI=1S/C17H36N4O2S.HI/c1-5-18-17(20-15(2)11-14-24(4,22)23)19-12-13-21(3)16-9-7-6-8-10-16;/h15-16H,5-14H2,1-4H3,(H2,18,19,20);1H. The molecule has 0 radical (unpaired) electrons. The van der Waals surface area contributed by atoms with Crippen molar-refractivity contribution in [1.82, 2.24) is 15.5 Å². The van der Waals surface area contributed by atoms with E-state index in [0.717, 1.165) is 25.6 Å². The molecule has 0 aliphatic heterocycles. The van der Waals surface area contributed by atoms with Gasteiger partial charge in [0.2, 0.25) is 0 Å². The fourth-order valence-corrected chi connectivity index (χ4v) is 3.82. The largest absolute Gasteiger partial charge is 0.357 e.